The molecule has 0 aromatic heterocycles. The summed E-state index contributed by atoms with van der Waals surface area (Å²) < 4.78 is 6.29. The van der Waals surface area contributed by atoms with Crippen LogP contribution in [0.1, 0.15) is 142 Å². The normalized spacial score (nSPS) is 25.9. The van der Waals surface area contributed by atoms with Gasteiger partial charge in [0.15, 0.2) is 0 Å². The molecule has 0 radical (unpaired) electrons. The maximum absolute atomic E-state index is 7.83. The van der Waals surface area contributed by atoms with Gasteiger partial charge in [-0.15, -0.1) is 0 Å². The van der Waals surface area contributed by atoms with E-state index >= 15 is 0 Å². The second-order valence-corrected chi connectivity index (χ2v) is 11.1. The molecular formula is C30H55N3O. The van der Waals surface area contributed by atoms with Crippen molar-refractivity contribution in [3.8, 4) is 0 Å². The van der Waals surface area contributed by atoms with Crippen LogP contribution in [0.5, 0.6) is 0 Å². The van der Waals surface area contributed by atoms with E-state index in [0.29, 0.717) is 0 Å². The number of ether oxygens (including phenoxy) is 1. The number of hydrogen-bond donors (Lipinski definition) is 2. The molecule has 34 heavy (non-hydrogen) atoms. The van der Waals surface area contributed by atoms with Crippen molar-refractivity contribution in [2.24, 2.45) is 16.3 Å². The maximum atomic E-state index is 7.83. The molecule has 1 aliphatic carbocycles. The molecule has 1 spiro atoms. The van der Waals surface area contributed by atoms with Gasteiger partial charge in [0, 0.05) is 11.1 Å². The molecule has 1 fully saturated rings. The number of rotatable bonds is 21. The summed E-state index contributed by atoms with van der Waals surface area (Å²) >= 11 is 0. The zero-order chi connectivity index (χ0) is 24.5. The SMILES string of the molecule is CCCCCCCCCCCCC1(CCCCCCCCCC)COC12C=C(N)C=CC2N=N. The van der Waals surface area contributed by atoms with E-state index in [2.05, 4.69) is 25.0 Å². The average Bonchev–Trinajstić information content (AvgIpc) is 2.84. The van der Waals surface area contributed by atoms with Gasteiger partial charge in [-0.05, 0) is 25.0 Å². The lowest BCUT2D eigenvalue weighted by molar-refractivity contribution is -0.253. The lowest BCUT2D eigenvalue weighted by Gasteiger charge is -2.60. The predicted octanol–water partition coefficient (Wildman–Crippen LogP) is 9.40. The Morgan fingerprint density at radius 2 is 1.24 bits per heavy atom. The second-order valence-electron chi connectivity index (χ2n) is 11.1. The third kappa shape index (κ3) is 8.50. The number of unbranched alkanes of at least 4 members (excludes halogenated alkanes) is 16. The molecule has 0 saturated carbocycles. The standard InChI is InChI=1S/C30H55N3O/c1-3-5-7-9-11-13-14-16-18-20-24-29(23-19-17-15-12-10-8-6-4-2)26-34-30(29)25-27(31)21-22-28(30)33-32/h21-22,25,28,32H,3-20,23-24,26,31H2,1-2H3. The molecule has 0 amide bonds. The zero-order valence-corrected chi connectivity index (χ0v) is 22.6. The Kier molecular flexibility index (Phi) is 14.1. The van der Waals surface area contributed by atoms with Crippen molar-refractivity contribution in [1.29, 1.82) is 5.53 Å². The Morgan fingerprint density at radius 3 is 1.62 bits per heavy atom. The highest BCUT2D eigenvalue weighted by atomic mass is 16.5. The van der Waals surface area contributed by atoms with Gasteiger partial charge in [-0.25, -0.2) is 5.53 Å². The van der Waals surface area contributed by atoms with Crippen molar-refractivity contribution < 1.29 is 4.74 Å². The molecular weight excluding hydrogens is 418 g/mol. The van der Waals surface area contributed by atoms with Crippen LogP contribution >= 0.6 is 0 Å². The van der Waals surface area contributed by atoms with Gasteiger partial charge in [0.2, 0.25) is 0 Å². The first-order valence-corrected chi connectivity index (χ1v) is 14.8. The predicted molar refractivity (Wildman–Crippen MR) is 145 cm³/mol. The van der Waals surface area contributed by atoms with Crippen molar-refractivity contribution in [3.63, 3.8) is 0 Å². The van der Waals surface area contributed by atoms with E-state index in [4.69, 9.17) is 16.0 Å². The zero-order valence-electron chi connectivity index (χ0n) is 22.6. The Hall–Kier alpha value is -1.16. The minimum absolute atomic E-state index is 0.0833. The fourth-order valence-corrected chi connectivity index (χ4v) is 6.11. The molecule has 0 aromatic carbocycles. The van der Waals surface area contributed by atoms with Crippen LogP contribution < -0.4 is 5.73 Å². The summed E-state index contributed by atoms with van der Waals surface area (Å²) in [6.45, 7) is 5.36. The molecule has 3 unspecified atom stereocenters. The van der Waals surface area contributed by atoms with Crippen molar-refractivity contribution in [2.45, 2.75) is 154 Å². The van der Waals surface area contributed by atoms with Crippen molar-refractivity contribution in [1.82, 2.24) is 0 Å². The first-order chi connectivity index (χ1) is 16.6. The monoisotopic (exact) mass is 473 g/mol. The third-order valence-electron chi connectivity index (χ3n) is 8.36. The molecule has 0 bridgehead atoms. The topological polar surface area (TPSA) is 71.5 Å². The summed E-state index contributed by atoms with van der Waals surface area (Å²) in [5.74, 6) is 0. The maximum Gasteiger partial charge on any atom is 0.124 e. The van der Waals surface area contributed by atoms with E-state index in [1.807, 2.05) is 12.2 Å². The number of nitrogens with one attached hydrogen (secondary N) is 1. The molecule has 196 valence electrons. The van der Waals surface area contributed by atoms with Crippen LogP contribution in [0, 0.1) is 10.9 Å². The lowest BCUT2D eigenvalue weighted by atomic mass is 9.58. The van der Waals surface area contributed by atoms with Crippen LogP contribution in [0.2, 0.25) is 0 Å². The average molecular weight is 474 g/mol. The third-order valence-corrected chi connectivity index (χ3v) is 8.36. The number of nitrogens with zero attached hydrogens (tertiary/aromatic N) is 1. The van der Waals surface area contributed by atoms with Gasteiger partial charge in [0.05, 0.1) is 6.61 Å². The summed E-state index contributed by atoms with van der Waals surface area (Å²) in [5.41, 5.74) is 14.4. The molecule has 4 heteroatoms. The quantitative estimate of drug-likeness (QED) is 0.129. The first-order valence-electron chi connectivity index (χ1n) is 14.8. The smallest absolute Gasteiger partial charge is 0.124 e. The van der Waals surface area contributed by atoms with E-state index in [1.165, 1.54) is 128 Å². The molecule has 1 saturated heterocycles. The van der Waals surface area contributed by atoms with E-state index in [9.17, 15) is 0 Å². The Balaban J connectivity index is 1.81. The van der Waals surface area contributed by atoms with Gasteiger partial charge in [0.25, 0.3) is 0 Å². The van der Waals surface area contributed by atoms with Crippen LogP contribution in [-0.4, -0.2) is 18.2 Å². The summed E-state index contributed by atoms with van der Waals surface area (Å²) in [6, 6.07) is -0.231. The highest BCUT2D eigenvalue weighted by Gasteiger charge is 2.62. The fourth-order valence-electron chi connectivity index (χ4n) is 6.11. The van der Waals surface area contributed by atoms with Gasteiger partial charge in [-0.3, -0.25) is 0 Å². The molecule has 3 atom stereocenters. The van der Waals surface area contributed by atoms with E-state index in [0.717, 1.165) is 12.3 Å². The summed E-state index contributed by atoms with van der Waals surface area (Å²) in [6.07, 6.45) is 32.7. The van der Waals surface area contributed by atoms with Crippen molar-refractivity contribution in [2.75, 3.05) is 6.61 Å². The summed E-state index contributed by atoms with van der Waals surface area (Å²) in [5, 5.41) is 3.98. The second kappa shape index (κ2) is 16.5. The van der Waals surface area contributed by atoms with E-state index < -0.39 is 5.60 Å². The van der Waals surface area contributed by atoms with Crippen LogP contribution in [0.25, 0.3) is 0 Å². The Morgan fingerprint density at radius 1 is 0.794 bits per heavy atom. The molecule has 0 aromatic rings. The van der Waals surface area contributed by atoms with Crippen LogP contribution in [-0.2, 0) is 4.74 Å². The molecule has 4 nitrogen and oxygen atoms in total. The minimum atomic E-state index is -0.492. The van der Waals surface area contributed by atoms with E-state index in [-0.39, 0.29) is 11.5 Å². The number of allylic oxidation sites excluding steroid dienone is 1. The molecule has 2 rings (SSSR count). The largest absolute Gasteiger partial charge is 0.399 e. The summed E-state index contributed by atoms with van der Waals surface area (Å²) in [7, 11) is 0. The lowest BCUT2D eigenvalue weighted by Crippen LogP contribution is -2.67. The fraction of sp³-hybridized carbons (Fsp3) is 0.867. The molecule has 2 aliphatic rings. The Bertz CT molecular complexity index is 616. The van der Waals surface area contributed by atoms with Crippen LogP contribution in [0.15, 0.2) is 29.0 Å². The van der Waals surface area contributed by atoms with Gasteiger partial charge in [0.1, 0.15) is 11.6 Å². The molecule has 1 heterocycles. The number of hydrogen-bond acceptors (Lipinski definition) is 4. The highest BCUT2D eigenvalue weighted by Crippen LogP contribution is 2.56. The first kappa shape index (κ1) is 29.1. The Labute approximate surface area is 211 Å². The minimum Gasteiger partial charge on any atom is -0.399 e. The van der Waals surface area contributed by atoms with Gasteiger partial charge in [-0.2, -0.15) is 5.11 Å². The summed E-state index contributed by atoms with van der Waals surface area (Å²) in [4.78, 5) is 0. The van der Waals surface area contributed by atoms with Crippen LogP contribution in [0.4, 0.5) is 0 Å². The van der Waals surface area contributed by atoms with Crippen molar-refractivity contribution >= 4 is 0 Å². The number of nitrogens with two attached hydrogens (primary N) is 1. The van der Waals surface area contributed by atoms with Gasteiger partial charge < -0.3 is 10.5 Å². The van der Waals surface area contributed by atoms with Gasteiger partial charge in [-0.1, -0.05) is 135 Å². The highest BCUT2D eigenvalue weighted by molar-refractivity contribution is 5.36. The van der Waals surface area contributed by atoms with E-state index in [1.54, 1.807) is 0 Å². The van der Waals surface area contributed by atoms with Crippen molar-refractivity contribution in [3.05, 3.63) is 23.9 Å². The van der Waals surface area contributed by atoms with Gasteiger partial charge >= 0.3 is 0 Å². The molecule has 3 N–H and O–H groups in total. The molecule has 1 aliphatic heterocycles. The van der Waals surface area contributed by atoms with Crippen LogP contribution in [0.3, 0.4) is 0 Å².